The van der Waals surface area contributed by atoms with Crippen LogP contribution in [0, 0.1) is 0 Å². The van der Waals surface area contributed by atoms with Crippen LogP contribution in [-0.4, -0.2) is 68.5 Å². The molecule has 9 heteroatoms. The number of unbranched alkanes of at least 4 members (excludes halogenated alkanes) is 42. The second kappa shape index (κ2) is 52.8. The zero-order chi connectivity index (χ0) is 51.3. The van der Waals surface area contributed by atoms with Crippen LogP contribution >= 0.6 is 7.82 Å². The lowest BCUT2D eigenvalue weighted by Crippen LogP contribution is -2.45. The number of carbonyl (C=O) groups excluding carboxylic acids is 1. The fourth-order valence-corrected chi connectivity index (χ4v) is 10.1. The van der Waals surface area contributed by atoms with Gasteiger partial charge in [0.05, 0.1) is 39.9 Å². The lowest BCUT2D eigenvalue weighted by molar-refractivity contribution is -0.870. The molecule has 0 aromatic heterocycles. The van der Waals surface area contributed by atoms with E-state index in [0.29, 0.717) is 17.4 Å². The molecule has 0 aliphatic carbocycles. The quantitative estimate of drug-likeness (QED) is 0.0272. The zero-order valence-corrected chi connectivity index (χ0v) is 48.4. The molecule has 0 aromatic carbocycles. The molecule has 0 radical (unpaired) electrons. The van der Waals surface area contributed by atoms with Gasteiger partial charge in [0.2, 0.25) is 5.91 Å². The third kappa shape index (κ3) is 54.7. The van der Waals surface area contributed by atoms with E-state index in [1.165, 1.54) is 250 Å². The topological polar surface area (TPSA) is 108 Å². The summed E-state index contributed by atoms with van der Waals surface area (Å²) in [5, 5.41) is 13.8. The minimum absolute atomic E-state index is 0.00430. The number of likely N-dealkylation sites (N-methyl/N-ethyl adjacent to an activating group) is 1. The molecule has 3 unspecified atom stereocenters. The molecule has 2 N–H and O–H groups in total. The van der Waals surface area contributed by atoms with Crippen molar-refractivity contribution in [2.24, 2.45) is 0 Å². The summed E-state index contributed by atoms with van der Waals surface area (Å²) in [6, 6.07) is -0.898. The van der Waals surface area contributed by atoms with Crippen molar-refractivity contribution >= 4 is 13.7 Å². The van der Waals surface area contributed by atoms with Crippen molar-refractivity contribution in [3.05, 3.63) is 24.3 Å². The minimum atomic E-state index is -4.59. The van der Waals surface area contributed by atoms with Gasteiger partial charge >= 0.3 is 0 Å². The fourth-order valence-electron chi connectivity index (χ4n) is 9.35. The Morgan fingerprint density at radius 3 is 1.16 bits per heavy atom. The van der Waals surface area contributed by atoms with E-state index in [1.54, 1.807) is 6.08 Å². The number of allylic oxidation sites excluding steroid dienone is 3. The molecule has 70 heavy (non-hydrogen) atoms. The molecule has 3 atom stereocenters. The van der Waals surface area contributed by atoms with Gasteiger partial charge in [-0.25, -0.2) is 0 Å². The highest BCUT2D eigenvalue weighted by molar-refractivity contribution is 7.45. The molecule has 0 spiro atoms. The first-order valence-corrected chi connectivity index (χ1v) is 32.2. The average molecular weight is 1010 g/mol. The molecule has 1 amide bonds. The van der Waals surface area contributed by atoms with Crippen LogP contribution in [0.5, 0.6) is 0 Å². The van der Waals surface area contributed by atoms with Crippen LogP contribution in [0.2, 0.25) is 0 Å². The molecule has 416 valence electrons. The normalized spacial score (nSPS) is 14.0. The second-order valence-electron chi connectivity index (χ2n) is 22.4. The summed E-state index contributed by atoms with van der Waals surface area (Å²) in [5.74, 6) is -0.204. The third-order valence-electron chi connectivity index (χ3n) is 14.2. The number of hydrogen-bond acceptors (Lipinski definition) is 6. The van der Waals surface area contributed by atoms with Crippen LogP contribution in [0.1, 0.15) is 309 Å². The zero-order valence-electron chi connectivity index (χ0n) is 47.5. The van der Waals surface area contributed by atoms with E-state index in [-0.39, 0.29) is 19.1 Å². The van der Waals surface area contributed by atoms with Gasteiger partial charge in [-0.1, -0.05) is 295 Å². The van der Waals surface area contributed by atoms with Gasteiger partial charge in [0, 0.05) is 6.42 Å². The Morgan fingerprint density at radius 1 is 0.486 bits per heavy atom. The van der Waals surface area contributed by atoms with E-state index < -0.39 is 20.0 Å². The number of aliphatic hydroxyl groups excluding tert-OH is 1. The van der Waals surface area contributed by atoms with Gasteiger partial charge in [0.25, 0.3) is 7.82 Å². The highest BCUT2D eigenvalue weighted by Crippen LogP contribution is 2.38. The van der Waals surface area contributed by atoms with Crippen LogP contribution in [-0.2, 0) is 18.4 Å². The Hall–Kier alpha value is -1.02. The molecule has 0 rings (SSSR count). The minimum Gasteiger partial charge on any atom is -0.756 e. The number of phosphoric ester groups is 1. The number of quaternary nitrogens is 1. The first-order valence-electron chi connectivity index (χ1n) is 30.7. The maximum atomic E-state index is 12.9. The van der Waals surface area contributed by atoms with Gasteiger partial charge in [-0.05, 0) is 32.1 Å². The fraction of sp³-hybridized carbons (Fsp3) is 0.918. The van der Waals surface area contributed by atoms with E-state index in [1.807, 2.05) is 27.2 Å². The average Bonchev–Trinajstić information content (AvgIpc) is 3.32. The number of carbonyl (C=O) groups is 1. The van der Waals surface area contributed by atoms with E-state index in [0.717, 1.165) is 38.5 Å². The number of nitrogens with one attached hydrogen (secondary N) is 1. The van der Waals surface area contributed by atoms with E-state index in [2.05, 4.69) is 31.3 Å². The first kappa shape index (κ1) is 69.0. The number of nitrogens with zero attached hydrogens (tertiary/aromatic N) is 1. The van der Waals surface area contributed by atoms with Gasteiger partial charge in [-0.2, -0.15) is 0 Å². The molecule has 8 nitrogen and oxygen atoms in total. The molecule has 0 fully saturated rings. The molecule has 0 bridgehead atoms. The van der Waals surface area contributed by atoms with Gasteiger partial charge < -0.3 is 28.8 Å². The largest absolute Gasteiger partial charge is 0.756 e. The Bertz CT molecular complexity index is 1190. The van der Waals surface area contributed by atoms with Gasteiger partial charge in [0.1, 0.15) is 13.2 Å². The molecule has 0 aliphatic rings. The van der Waals surface area contributed by atoms with Crippen LogP contribution in [0.15, 0.2) is 24.3 Å². The monoisotopic (exact) mass is 1010 g/mol. The van der Waals surface area contributed by atoms with E-state index >= 15 is 0 Å². The van der Waals surface area contributed by atoms with Gasteiger partial charge in [-0.15, -0.1) is 0 Å². The molecule has 0 heterocycles. The summed E-state index contributed by atoms with van der Waals surface area (Å²) in [5.41, 5.74) is 0. The Kier molecular flexibility index (Phi) is 52.1. The summed E-state index contributed by atoms with van der Waals surface area (Å²) in [7, 11) is 1.25. The number of rotatable bonds is 57. The molecule has 0 saturated carbocycles. The summed E-state index contributed by atoms with van der Waals surface area (Å²) >= 11 is 0. The lowest BCUT2D eigenvalue weighted by Gasteiger charge is -2.29. The van der Waals surface area contributed by atoms with Crippen LogP contribution < -0.4 is 10.2 Å². The summed E-state index contributed by atoms with van der Waals surface area (Å²) in [6.07, 6.45) is 67.5. The third-order valence-corrected chi connectivity index (χ3v) is 15.1. The molecular weight excluding hydrogens is 888 g/mol. The maximum absolute atomic E-state index is 12.9. The predicted octanol–water partition coefficient (Wildman–Crippen LogP) is 18.1. The number of amides is 1. The number of aliphatic hydroxyl groups is 1. The molecule has 0 saturated heterocycles. The number of hydrogen-bond donors (Lipinski definition) is 2. The molecule has 0 aliphatic heterocycles. The van der Waals surface area contributed by atoms with E-state index in [4.69, 9.17) is 9.05 Å². The number of phosphoric acid groups is 1. The standard InChI is InChI=1S/C61H121N2O6P/c1-6-8-10-12-14-16-18-19-20-21-22-23-24-25-26-27-28-29-30-31-32-33-34-35-36-37-38-39-40-41-42-43-44-45-47-49-51-53-55-61(65)62-59(58-69-70(66,67)68-57-56-63(3,4)5)60(64)54-52-50-48-46-17-15-13-11-9-7-2/h17,46,52,54,59-60,64H,6-16,18-45,47-51,53,55-58H2,1-5H3,(H-,62,65,66,67)/b46-17+,54-52+. The predicted molar refractivity (Wildman–Crippen MR) is 302 cm³/mol. The van der Waals surface area contributed by atoms with Crippen molar-refractivity contribution in [1.29, 1.82) is 0 Å². The highest BCUT2D eigenvalue weighted by Gasteiger charge is 2.23. The molecular formula is C61H121N2O6P. The van der Waals surface area contributed by atoms with Crippen molar-refractivity contribution in [2.75, 3.05) is 40.9 Å². The Labute approximate surface area is 436 Å². The van der Waals surface area contributed by atoms with Crippen LogP contribution in [0.25, 0.3) is 0 Å². The van der Waals surface area contributed by atoms with Crippen molar-refractivity contribution in [3.8, 4) is 0 Å². The van der Waals surface area contributed by atoms with Crippen LogP contribution in [0.4, 0.5) is 0 Å². The van der Waals surface area contributed by atoms with Crippen molar-refractivity contribution in [1.82, 2.24) is 5.32 Å². The van der Waals surface area contributed by atoms with Crippen LogP contribution in [0.3, 0.4) is 0 Å². The van der Waals surface area contributed by atoms with Gasteiger partial charge in [0.15, 0.2) is 0 Å². The van der Waals surface area contributed by atoms with E-state index in [9.17, 15) is 19.4 Å². The van der Waals surface area contributed by atoms with Crippen molar-refractivity contribution in [2.45, 2.75) is 321 Å². The smallest absolute Gasteiger partial charge is 0.268 e. The summed E-state index contributed by atoms with van der Waals surface area (Å²) < 4.78 is 23.2. The lowest BCUT2D eigenvalue weighted by atomic mass is 10.0. The second-order valence-corrected chi connectivity index (χ2v) is 23.8. The molecule has 0 aromatic rings. The Balaban J connectivity index is 3.80. The first-order chi connectivity index (χ1) is 34.0. The summed E-state index contributed by atoms with van der Waals surface area (Å²) in [4.78, 5) is 25.4. The van der Waals surface area contributed by atoms with Crippen molar-refractivity contribution < 1.29 is 32.9 Å². The summed E-state index contributed by atoms with van der Waals surface area (Å²) in [6.45, 7) is 4.62. The maximum Gasteiger partial charge on any atom is 0.268 e. The van der Waals surface area contributed by atoms with Crippen molar-refractivity contribution in [3.63, 3.8) is 0 Å². The highest BCUT2D eigenvalue weighted by atomic mass is 31.2. The van der Waals surface area contributed by atoms with Gasteiger partial charge in [-0.3, -0.25) is 9.36 Å². The SMILES string of the molecule is CCCCCC/C=C/CC/C=C/C(O)C(COP(=O)([O-])OCC[N+](C)(C)C)NC(=O)CCCCCCCCCCCCCCCCCCCCCCCCCCCCCCCCCCCCCCCC. The Morgan fingerprint density at radius 2 is 0.800 bits per heavy atom.